The van der Waals surface area contributed by atoms with Crippen LogP contribution in [0.2, 0.25) is 0 Å². The Labute approximate surface area is 225 Å². The number of Topliss-reactive ketones (excluding diaryl/α,β-unsaturated/α-hetero) is 1. The summed E-state index contributed by atoms with van der Waals surface area (Å²) >= 11 is 0. The highest BCUT2D eigenvalue weighted by atomic mass is 16.3. The zero-order valence-electron chi connectivity index (χ0n) is 22.4. The summed E-state index contributed by atoms with van der Waals surface area (Å²) in [5, 5.41) is 40.3. The van der Waals surface area contributed by atoms with Gasteiger partial charge in [0, 0.05) is 34.7 Å². The molecule has 4 rings (SSSR count). The predicted octanol–water partition coefficient (Wildman–Crippen LogP) is 6.94. The molecule has 4 N–H and O–H groups in total. The number of carbonyl (C=O) groups excluding carboxylic acids is 1. The molecule has 4 unspecified atom stereocenters. The van der Waals surface area contributed by atoms with Crippen LogP contribution >= 0.6 is 0 Å². The lowest BCUT2D eigenvalue weighted by Crippen LogP contribution is -2.37. The predicted molar refractivity (Wildman–Crippen MR) is 149 cm³/mol. The van der Waals surface area contributed by atoms with Gasteiger partial charge in [0.25, 0.3) is 0 Å². The molecule has 2 aromatic carbocycles. The fourth-order valence-corrected chi connectivity index (χ4v) is 5.95. The number of ketones is 1. The van der Waals surface area contributed by atoms with Crippen LogP contribution in [0, 0.1) is 11.8 Å². The van der Waals surface area contributed by atoms with Gasteiger partial charge in [0.15, 0.2) is 0 Å². The summed E-state index contributed by atoms with van der Waals surface area (Å²) in [6.45, 7) is 4.02. The number of aliphatic imine (C=N–C) groups is 2. The van der Waals surface area contributed by atoms with E-state index in [1.165, 1.54) is 12.1 Å². The maximum Gasteiger partial charge on any atom is 0.150 e. The minimum Gasteiger partial charge on any atom is -0.508 e. The molecule has 2 saturated carbocycles. The van der Waals surface area contributed by atoms with Gasteiger partial charge in [-0.25, -0.2) is 0 Å². The summed E-state index contributed by atoms with van der Waals surface area (Å²) in [4.78, 5) is 24.2. The quantitative estimate of drug-likeness (QED) is 0.300. The smallest absolute Gasteiger partial charge is 0.150 e. The Kier molecular flexibility index (Phi) is 9.08. The van der Waals surface area contributed by atoms with Crippen LogP contribution in [0.3, 0.4) is 0 Å². The molecule has 0 bridgehead atoms. The SMILES string of the molecule is CCC(N=C1CCCCC1C(=O)C1CCCCC1=NC(CC)c1ccc(O)cc1O)c1ccc(O)cc1O. The van der Waals surface area contributed by atoms with Crippen LogP contribution in [0.15, 0.2) is 46.4 Å². The third kappa shape index (κ3) is 6.20. The van der Waals surface area contributed by atoms with E-state index in [0.717, 1.165) is 62.8 Å². The lowest BCUT2D eigenvalue weighted by molar-refractivity contribution is -0.123. The van der Waals surface area contributed by atoms with Gasteiger partial charge in [-0.05, 0) is 75.6 Å². The first kappa shape index (κ1) is 27.7. The van der Waals surface area contributed by atoms with Gasteiger partial charge >= 0.3 is 0 Å². The Balaban J connectivity index is 1.62. The molecule has 2 aromatic rings. The van der Waals surface area contributed by atoms with E-state index in [2.05, 4.69) is 0 Å². The molecule has 0 spiro atoms. The fourth-order valence-electron chi connectivity index (χ4n) is 5.95. The standard InChI is InChI=1S/C31H40N2O5/c1-3-25(21-15-13-19(34)17-29(21)36)32-27-11-7-5-9-23(27)31(38)24-10-6-8-12-28(24)33-26(4-2)22-16-14-20(35)18-30(22)37/h13-18,23-26,34-37H,3-12H2,1-2H3. The molecule has 4 atom stereocenters. The molecule has 204 valence electrons. The topological polar surface area (TPSA) is 123 Å². The highest BCUT2D eigenvalue weighted by Crippen LogP contribution is 2.38. The van der Waals surface area contributed by atoms with Crippen LogP contribution in [0.5, 0.6) is 23.0 Å². The van der Waals surface area contributed by atoms with Crippen LogP contribution in [0.4, 0.5) is 0 Å². The zero-order chi connectivity index (χ0) is 27.2. The number of phenols is 4. The van der Waals surface area contributed by atoms with Crippen molar-refractivity contribution in [1.82, 2.24) is 0 Å². The largest absolute Gasteiger partial charge is 0.508 e. The van der Waals surface area contributed by atoms with Crippen molar-refractivity contribution in [2.75, 3.05) is 0 Å². The average molecular weight is 521 g/mol. The van der Waals surface area contributed by atoms with Gasteiger partial charge < -0.3 is 20.4 Å². The van der Waals surface area contributed by atoms with E-state index in [9.17, 15) is 25.2 Å². The average Bonchev–Trinajstić information content (AvgIpc) is 2.91. The van der Waals surface area contributed by atoms with E-state index in [-0.39, 0.29) is 52.7 Å². The van der Waals surface area contributed by atoms with Crippen LogP contribution < -0.4 is 0 Å². The summed E-state index contributed by atoms with van der Waals surface area (Å²) in [7, 11) is 0. The van der Waals surface area contributed by atoms with Crippen LogP contribution in [0.25, 0.3) is 0 Å². The Morgan fingerprint density at radius 1 is 0.737 bits per heavy atom. The number of hydrogen-bond acceptors (Lipinski definition) is 7. The summed E-state index contributed by atoms with van der Waals surface area (Å²) in [6, 6.07) is 8.65. The molecular formula is C31H40N2O5. The minimum absolute atomic E-state index is 0.00889. The zero-order valence-corrected chi connectivity index (χ0v) is 22.4. The number of carbonyl (C=O) groups is 1. The van der Waals surface area contributed by atoms with Gasteiger partial charge in [-0.1, -0.05) is 26.7 Å². The maximum atomic E-state index is 14.1. The Hall–Kier alpha value is -3.35. The van der Waals surface area contributed by atoms with Crippen molar-refractivity contribution in [3.05, 3.63) is 47.5 Å². The normalized spacial score (nSPS) is 23.8. The lowest BCUT2D eigenvalue weighted by atomic mass is 9.74. The summed E-state index contributed by atoms with van der Waals surface area (Å²) in [6.07, 6.45) is 8.37. The highest BCUT2D eigenvalue weighted by molar-refractivity contribution is 6.14. The van der Waals surface area contributed by atoms with E-state index < -0.39 is 0 Å². The molecule has 2 aliphatic carbocycles. The van der Waals surface area contributed by atoms with Gasteiger partial charge in [0.1, 0.15) is 28.8 Å². The second-order valence-electron chi connectivity index (χ2n) is 10.6. The molecule has 0 radical (unpaired) electrons. The molecule has 7 heteroatoms. The number of phenolic OH excluding ortho intramolecular Hbond substituents is 4. The monoisotopic (exact) mass is 520 g/mol. The second-order valence-corrected chi connectivity index (χ2v) is 10.6. The Morgan fingerprint density at radius 3 is 1.53 bits per heavy atom. The van der Waals surface area contributed by atoms with Crippen molar-refractivity contribution < 1.29 is 25.2 Å². The van der Waals surface area contributed by atoms with Crippen LogP contribution in [0.1, 0.15) is 101 Å². The number of rotatable bonds is 8. The summed E-state index contributed by atoms with van der Waals surface area (Å²) < 4.78 is 0. The van der Waals surface area contributed by atoms with E-state index in [4.69, 9.17) is 9.98 Å². The third-order valence-electron chi connectivity index (χ3n) is 8.01. The van der Waals surface area contributed by atoms with E-state index in [1.807, 2.05) is 13.8 Å². The number of benzene rings is 2. The summed E-state index contributed by atoms with van der Waals surface area (Å²) in [5.41, 5.74) is 3.14. The van der Waals surface area contributed by atoms with Crippen molar-refractivity contribution in [3.8, 4) is 23.0 Å². The van der Waals surface area contributed by atoms with Gasteiger partial charge in [-0.2, -0.15) is 0 Å². The summed E-state index contributed by atoms with van der Waals surface area (Å²) in [5.74, 6) is -0.268. The Bertz CT molecular complexity index is 1110. The Morgan fingerprint density at radius 2 is 1.16 bits per heavy atom. The molecule has 2 fully saturated rings. The third-order valence-corrected chi connectivity index (χ3v) is 8.01. The molecule has 0 aromatic heterocycles. The number of hydrogen-bond donors (Lipinski definition) is 4. The molecule has 2 aliphatic rings. The van der Waals surface area contributed by atoms with Gasteiger partial charge in [0.05, 0.1) is 23.9 Å². The molecule has 0 aliphatic heterocycles. The first-order chi connectivity index (χ1) is 18.3. The maximum absolute atomic E-state index is 14.1. The molecule has 7 nitrogen and oxygen atoms in total. The van der Waals surface area contributed by atoms with Crippen LogP contribution in [-0.2, 0) is 4.79 Å². The van der Waals surface area contributed by atoms with Crippen molar-refractivity contribution in [2.45, 2.75) is 90.1 Å². The molecule has 0 heterocycles. The second kappa shape index (κ2) is 12.5. The van der Waals surface area contributed by atoms with Crippen molar-refractivity contribution in [1.29, 1.82) is 0 Å². The van der Waals surface area contributed by atoms with E-state index >= 15 is 0 Å². The lowest BCUT2D eigenvalue weighted by Gasteiger charge is -2.31. The molecule has 38 heavy (non-hydrogen) atoms. The van der Waals surface area contributed by atoms with Crippen molar-refractivity contribution in [2.24, 2.45) is 21.8 Å². The minimum atomic E-state index is -0.277. The van der Waals surface area contributed by atoms with Crippen molar-refractivity contribution in [3.63, 3.8) is 0 Å². The van der Waals surface area contributed by atoms with E-state index in [0.29, 0.717) is 24.0 Å². The van der Waals surface area contributed by atoms with Gasteiger partial charge in [-0.3, -0.25) is 14.8 Å². The fraction of sp³-hybridized carbons (Fsp3) is 0.516. The number of aromatic hydroxyl groups is 4. The molecule has 0 saturated heterocycles. The van der Waals surface area contributed by atoms with Crippen molar-refractivity contribution >= 4 is 17.2 Å². The molecule has 0 amide bonds. The van der Waals surface area contributed by atoms with E-state index in [1.54, 1.807) is 24.3 Å². The van der Waals surface area contributed by atoms with Gasteiger partial charge in [-0.15, -0.1) is 0 Å². The first-order valence-electron chi connectivity index (χ1n) is 14.0. The number of nitrogens with zero attached hydrogens (tertiary/aromatic N) is 2. The molecular weight excluding hydrogens is 480 g/mol. The first-order valence-corrected chi connectivity index (χ1v) is 14.0. The highest BCUT2D eigenvalue weighted by Gasteiger charge is 2.36. The van der Waals surface area contributed by atoms with Crippen LogP contribution in [-0.4, -0.2) is 37.6 Å². The van der Waals surface area contributed by atoms with Gasteiger partial charge in [0.2, 0.25) is 0 Å².